The SMILES string of the molecule is Cc1ccc(S(=O)(=O)N2O[C@@H]2C(C)(C)C)cc1. The maximum atomic E-state index is 12.2. The molecule has 1 aliphatic rings. The molecule has 94 valence electrons. The molecule has 1 aliphatic heterocycles. The van der Waals surface area contributed by atoms with E-state index in [9.17, 15) is 8.42 Å². The molecule has 1 saturated heterocycles. The van der Waals surface area contributed by atoms with Crippen molar-refractivity contribution in [1.29, 1.82) is 0 Å². The van der Waals surface area contributed by atoms with Crippen molar-refractivity contribution in [3.63, 3.8) is 0 Å². The van der Waals surface area contributed by atoms with Gasteiger partial charge in [-0.25, -0.2) is 8.42 Å². The van der Waals surface area contributed by atoms with Crippen LogP contribution in [-0.4, -0.2) is 19.1 Å². The zero-order valence-electron chi connectivity index (χ0n) is 10.5. The van der Waals surface area contributed by atoms with E-state index < -0.39 is 10.0 Å². The molecule has 1 aromatic carbocycles. The van der Waals surface area contributed by atoms with E-state index in [1.165, 1.54) is 0 Å². The Morgan fingerprint density at radius 1 is 1.18 bits per heavy atom. The average molecular weight is 255 g/mol. The highest BCUT2D eigenvalue weighted by molar-refractivity contribution is 7.89. The van der Waals surface area contributed by atoms with Crippen molar-refractivity contribution in [1.82, 2.24) is 4.47 Å². The van der Waals surface area contributed by atoms with Crippen molar-refractivity contribution in [3.8, 4) is 0 Å². The minimum atomic E-state index is -3.50. The van der Waals surface area contributed by atoms with E-state index in [2.05, 4.69) is 0 Å². The highest BCUT2D eigenvalue weighted by atomic mass is 32.2. The predicted octanol–water partition coefficient (Wildman–Crippen LogP) is 2.30. The maximum Gasteiger partial charge on any atom is 0.267 e. The third-order valence-corrected chi connectivity index (χ3v) is 4.27. The normalized spacial score (nSPS) is 24.7. The second-order valence-corrected chi connectivity index (χ2v) is 7.18. The topological polar surface area (TPSA) is 49.7 Å². The van der Waals surface area contributed by atoms with Gasteiger partial charge in [-0.15, -0.1) is 0 Å². The molecule has 1 unspecified atom stereocenters. The van der Waals surface area contributed by atoms with Crippen molar-refractivity contribution in [2.24, 2.45) is 5.41 Å². The first kappa shape index (κ1) is 12.5. The Bertz CT molecular complexity index is 514. The second kappa shape index (κ2) is 3.80. The molecule has 0 bridgehead atoms. The Morgan fingerprint density at radius 2 is 1.71 bits per heavy atom. The number of nitrogens with zero attached hydrogens (tertiary/aromatic N) is 1. The third-order valence-electron chi connectivity index (χ3n) is 2.65. The van der Waals surface area contributed by atoms with Gasteiger partial charge in [-0.2, -0.15) is 0 Å². The van der Waals surface area contributed by atoms with Gasteiger partial charge >= 0.3 is 0 Å². The molecular weight excluding hydrogens is 238 g/mol. The monoisotopic (exact) mass is 255 g/mol. The Kier molecular flexibility index (Phi) is 2.80. The standard InChI is InChI=1S/C12H17NO3S/c1-9-5-7-10(8-6-9)17(14,15)13-11(16-13)12(2,3)4/h5-8,11H,1-4H3/t11-,13?/m1/s1. The lowest BCUT2D eigenvalue weighted by Crippen LogP contribution is -2.23. The smallest absolute Gasteiger partial charge is 0.258 e. The van der Waals surface area contributed by atoms with Crippen LogP contribution in [0.2, 0.25) is 0 Å². The number of hydrogen-bond donors (Lipinski definition) is 0. The molecule has 0 spiro atoms. The number of rotatable bonds is 2. The number of benzene rings is 1. The van der Waals surface area contributed by atoms with Crippen LogP contribution in [0.5, 0.6) is 0 Å². The van der Waals surface area contributed by atoms with Crippen LogP contribution in [0.15, 0.2) is 29.2 Å². The van der Waals surface area contributed by atoms with Gasteiger partial charge in [0.15, 0.2) is 6.23 Å². The van der Waals surface area contributed by atoms with E-state index in [0.29, 0.717) is 0 Å². The Hall–Kier alpha value is -0.910. The van der Waals surface area contributed by atoms with Crippen LogP contribution in [0.3, 0.4) is 0 Å². The molecule has 2 atom stereocenters. The van der Waals surface area contributed by atoms with Crippen molar-refractivity contribution < 1.29 is 13.3 Å². The molecule has 4 nitrogen and oxygen atoms in total. The van der Waals surface area contributed by atoms with Crippen LogP contribution in [0, 0.1) is 12.3 Å². The Balaban J connectivity index is 2.25. The number of hydroxylamine groups is 1. The molecular formula is C12H17NO3S. The van der Waals surface area contributed by atoms with Gasteiger partial charge in [0, 0.05) is 5.41 Å². The van der Waals surface area contributed by atoms with Crippen molar-refractivity contribution in [2.45, 2.75) is 38.8 Å². The highest BCUT2D eigenvalue weighted by Crippen LogP contribution is 2.40. The van der Waals surface area contributed by atoms with E-state index in [4.69, 9.17) is 4.84 Å². The van der Waals surface area contributed by atoms with Crippen LogP contribution >= 0.6 is 0 Å². The summed E-state index contributed by atoms with van der Waals surface area (Å²) in [5.74, 6) is 0. The summed E-state index contributed by atoms with van der Waals surface area (Å²) in [6.45, 7) is 7.76. The van der Waals surface area contributed by atoms with Gasteiger partial charge in [0.25, 0.3) is 10.0 Å². The van der Waals surface area contributed by atoms with Gasteiger partial charge < -0.3 is 0 Å². The number of sulfonamides is 1. The minimum absolute atomic E-state index is 0.211. The van der Waals surface area contributed by atoms with Gasteiger partial charge in [-0.1, -0.05) is 38.5 Å². The number of aryl methyl sites for hydroxylation is 1. The summed E-state index contributed by atoms with van der Waals surface area (Å²) >= 11 is 0. The lowest BCUT2D eigenvalue weighted by atomic mass is 9.96. The molecule has 0 aromatic heterocycles. The lowest BCUT2D eigenvalue weighted by molar-refractivity contribution is 0.239. The van der Waals surface area contributed by atoms with Crippen molar-refractivity contribution >= 4 is 10.0 Å². The van der Waals surface area contributed by atoms with E-state index in [1.54, 1.807) is 24.3 Å². The molecule has 1 fully saturated rings. The molecule has 1 heterocycles. The zero-order chi connectivity index (χ0) is 12.8. The molecule has 0 radical (unpaired) electrons. The van der Waals surface area contributed by atoms with Crippen LogP contribution in [-0.2, 0) is 14.9 Å². The fraction of sp³-hybridized carbons (Fsp3) is 0.500. The van der Waals surface area contributed by atoms with Crippen LogP contribution in [0.1, 0.15) is 26.3 Å². The molecule has 0 saturated carbocycles. The summed E-state index contributed by atoms with van der Waals surface area (Å²) in [5, 5.41) is 0. The van der Waals surface area contributed by atoms with Crippen LogP contribution in [0.4, 0.5) is 0 Å². The first-order chi connectivity index (χ1) is 7.73. The Morgan fingerprint density at radius 3 is 2.12 bits per heavy atom. The summed E-state index contributed by atoms with van der Waals surface area (Å²) in [5.41, 5.74) is 0.820. The van der Waals surface area contributed by atoms with Gasteiger partial charge in [-0.3, -0.25) is 4.84 Å². The lowest BCUT2D eigenvalue weighted by Gasteiger charge is -2.13. The van der Waals surface area contributed by atoms with Crippen LogP contribution in [0.25, 0.3) is 0 Å². The summed E-state index contributed by atoms with van der Waals surface area (Å²) in [4.78, 5) is 5.45. The summed E-state index contributed by atoms with van der Waals surface area (Å²) in [6.07, 6.45) is -0.367. The van der Waals surface area contributed by atoms with Crippen LogP contribution < -0.4 is 0 Å². The minimum Gasteiger partial charge on any atom is -0.258 e. The molecule has 17 heavy (non-hydrogen) atoms. The fourth-order valence-electron chi connectivity index (χ4n) is 1.54. The van der Waals surface area contributed by atoms with Gasteiger partial charge in [-0.05, 0) is 23.5 Å². The summed E-state index contributed by atoms with van der Waals surface area (Å²) < 4.78 is 25.4. The second-order valence-electron chi connectivity index (χ2n) is 5.40. The highest BCUT2D eigenvalue weighted by Gasteiger charge is 2.53. The van der Waals surface area contributed by atoms with E-state index >= 15 is 0 Å². The van der Waals surface area contributed by atoms with Gasteiger partial charge in [0.05, 0.1) is 4.90 Å². The van der Waals surface area contributed by atoms with Crippen molar-refractivity contribution in [3.05, 3.63) is 29.8 Å². The molecule has 1 aromatic rings. The molecule has 5 heteroatoms. The van der Waals surface area contributed by atoms with Gasteiger partial charge in [0.1, 0.15) is 0 Å². The average Bonchev–Trinajstić information content (AvgIpc) is 2.96. The molecule has 0 N–H and O–H groups in total. The van der Waals surface area contributed by atoms with Crippen molar-refractivity contribution in [2.75, 3.05) is 0 Å². The zero-order valence-corrected chi connectivity index (χ0v) is 11.3. The van der Waals surface area contributed by atoms with E-state index in [0.717, 1.165) is 10.0 Å². The first-order valence-corrected chi connectivity index (χ1v) is 6.95. The van der Waals surface area contributed by atoms with E-state index in [1.807, 2.05) is 27.7 Å². The molecule has 0 aliphatic carbocycles. The van der Waals surface area contributed by atoms with Gasteiger partial charge in [0.2, 0.25) is 0 Å². The fourth-order valence-corrected chi connectivity index (χ4v) is 2.99. The number of hydrogen-bond acceptors (Lipinski definition) is 3. The maximum absolute atomic E-state index is 12.2. The van der Waals surface area contributed by atoms with E-state index in [-0.39, 0.29) is 16.5 Å². The third kappa shape index (κ3) is 2.36. The predicted molar refractivity (Wildman–Crippen MR) is 64.5 cm³/mol. The Labute approximate surface area is 102 Å². The summed E-state index contributed by atoms with van der Waals surface area (Å²) in [6, 6.07) is 6.77. The largest absolute Gasteiger partial charge is 0.267 e. The first-order valence-electron chi connectivity index (χ1n) is 5.51. The molecule has 2 rings (SSSR count). The quantitative estimate of drug-likeness (QED) is 0.762. The molecule has 0 amide bonds. The summed E-state index contributed by atoms with van der Waals surface area (Å²) in [7, 11) is -3.50.